The van der Waals surface area contributed by atoms with Crippen molar-refractivity contribution in [3.63, 3.8) is 0 Å². The topological polar surface area (TPSA) is 104 Å². The molecule has 3 rings (SSSR count). The second-order valence-electron chi connectivity index (χ2n) is 8.72. The number of anilines is 1. The van der Waals surface area contributed by atoms with E-state index in [4.69, 9.17) is 0 Å². The van der Waals surface area contributed by atoms with Crippen LogP contribution in [0.4, 0.5) is 10.1 Å². The first-order valence-electron chi connectivity index (χ1n) is 11.0. The van der Waals surface area contributed by atoms with Gasteiger partial charge in [0.15, 0.2) is 15.5 Å². The number of sulfone groups is 1. The van der Waals surface area contributed by atoms with Crippen molar-refractivity contribution < 1.29 is 26.0 Å². The highest BCUT2D eigenvalue weighted by molar-refractivity contribution is 7.93. The molecule has 190 valence electrons. The predicted octanol–water partition coefficient (Wildman–Crippen LogP) is 2.59. The van der Waals surface area contributed by atoms with Crippen LogP contribution in [0.25, 0.3) is 11.1 Å². The number of carbonyl (C=O) groups excluding carboxylic acids is 1. The van der Waals surface area contributed by atoms with Crippen molar-refractivity contribution >= 4 is 31.5 Å². The number of hydrogen-bond donors (Lipinski definition) is 1. The average molecular weight is 524 g/mol. The summed E-state index contributed by atoms with van der Waals surface area (Å²) in [5.41, 5.74) is -0.106. The largest absolute Gasteiger partial charge is 0.378 e. The van der Waals surface area contributed by atoms with Gasteiger partial charge in [-0.25, -0.2) is 21.2 Å². The fraction of sp³-hybridized carbons (Fsp3) is 0.375. The van der Waals surface area contributed by atoms with Gasteiger partial charge in [-0.3, -0.25) is 4.79 Å². The summed E-state index contributed by atoms with van der Waals surface area (Å²) in [4.78, 5) is 14.4. The smallest absolute Gasteiger partial charge is 0.258 e. The van der Waals surface area contributed by atoms with Gasteiger partial charge in [-0.1, -0.05) is 36.4 Å². The number of rotatable bonds is 8. The summed E-state index contributed by atoms with van der Waals surface area (Å²) in [6.07, 6.45) is 1.63. The molecule has 2 aromatic carbocycles. The summed E-state index contributed by atoms with van der Waals surface area (Å²) in [6, 6.07) is 14.3. The summed E-state index contributed by atoms with van der Waals surface area (Å²) < 4.78 is 65.9. The van der Waals surface area contributed by atoms with Gasteiger partial charge in [0, 0.05) is 69.5 Å². The summed E-state index contributed by atoms with van der Waals surface area (Å²) in [6.45, 7) is -0.456. The van der Waals surface area contributed by atoms with Crippen molar-refractivity contribution in [2.45, 2.75) is 23.4 Å². The van der Waals surface area contributed by atoms with E-state index in [9.17, 15) is 21.6 Å². The fourth-order valence-electron chi connectivity index (χ4n) is 3.84. The van der Waals surface area contributed by atoms with E-state index in [-0.39, 0.29) is 37.4 Å². The van der Waals surface area contributed by atoms with Crippen LogP contribution in [-0.2, 0) is 24.7 Å². The normalized spacial score (nSPS) is 16.8. The predicted molar refractivity (Wildman–Crippen MR) is 135 cm³/mol. The number of halogens is 1. The number of amides is 1. The lowest BCUT2D eigenvalue weighted by molar-refractivity contribution is -0.135. The third-order valence-electron chi connectivity index (χ3n) is 5.83. The van der Waals surface area contributed by atoms with Gasteiger partial charge in [-0.05, 0) is 23.8 Å². The maximum Gasteiger partial charge on any atom is 0.258 e. The van der Waals surface area contributed by atoms with Gasteiger partial charge in [0.05, 0.1) is 4.90 Å². The van der Waals surface area contributed by atoms with Crippen LogP contribution in [0.1, 0.15) is 12.8 Å². The minimum atomic E-state index is -3.96. The number of piperidine rings is 1. The monoisotopic (exact) mass is 523 g/mol. The lowest BCUT2D eigenvalue weighted by atomic mass is 9.93. The minimum Gasteiger partial charge on any atom is -0.378 e. The van der Waals surface area contributed by atoms with Gasteiger partial charge in [-0.15, -0.1) is 0 Å². The number of benzene rings is 2. The van der Waals surface area contributed by atoms with E-state index in [1.165, 1.54) is 10.4 Å². The molecule has 0 spiro atoms. The van der Waals surface area contributed by atoms with Crippen LogP contribution in [0.3, 0.4) is 0 Å². The lowest BCUT2D eigenvalue weighted by Crippen LogP contribution is -2.52. The average Bonchev–Trinajstić information content (AvgIpc) is 2.81. The van der Waals surface area contributed by atoms with E-state index in [1.54, 1.807) is 12.1 Å². The lowest BCUT2D eigenvalue weighted by Gasteiger charge is -2.35. The molecule has 1 fully saturated rings. The molecule has 8 nitrogen and oxygen atoms in total. The summed E-state index contributed by atoms with van der Waals surface area (Å²) in [5.74, 6) is -0.881. The summed E-state index contributed by atoms with van der Waals surface area (Å²) in [7, 11) is -3.57. The van der Waals surface area contributed by atoms with Gasteiger partial charge < -0.3 is 10.2 Å². The van der Waals surface area contributed by atoms with Gasteiger partial charge >= 0.3 is 0 Å². The molecule has 0 atom stereocenters. The Balaban J connectivity index is 1.79. The molecule has 2 aromatic rings. The molecule has 1 aliphatic rings. The molecule has 0 saturated carbocycles. The summed E-state index contributed by atoms with van der Waals surface area (Å²) >= 11 is 0. The van der Waals surface area contributed by atoms with Crippen molar-refractivity contribution in [2.75, 3.05) is 44.9 Å². The van der Waals surface area contributed by atoms with E-state index in [2.05, 4.69) is 5.32 Å². The maximum absolute atomic E-state index is 15.3. The van der Waals surface area contributed by atoms with E-state index in [0.717, 1.165) is 22.9 Å². The standard InChI is InChI=1S/C24H30FN3O5S2/c1-27(2)20-10-11-22(21(18-20)19-8-5-4-6-9-19)35(32,33)28-15-12-24(25,13-16-28)23(29)26-14-7-17-34(3,30)31/h4-11,17-18H,12-16H2,1-3H3,(H,26,29)/b17-7+. The molecule has 11 heteroatoms. The molecule has 1 N–H and O–H groups in total. The number of nitrogens with zero attached hydrogens (tertiary/aromatic N) is 2. The molecule has 1 heterocycles. The van der Waals surface area contributed by atoms with Crippen molar-refractivity contribution in [1.82, 2.24) is 9.62 Å². The molecular formula is C24H30FN3O5S2. The highest BCUT2D eigenvalue weighted by Gasteiger charge is 2.44. The molecule has 1 amide bonds. The Morgan fingerprint density at radius 2 is 1.71 bits per heavy atom. The van der Waals surface area contributed by atoms with E-state index in [0.29, 0.717) is 5.56 Å². The zero-order valence-corrected chi connectivity index (χ0v) is 21.6. The van der Waals surface area contributed by atoms with Crippen molar-refractivity contribution in [3.05, 3.63) is 60.0 Å². The molecule has 0 unspecified atom stereocenters. The Morgan fingerprint density at radius 3 is 2.29 bits per heavy atom. The van der Waals surface area contributed by atoms with Crippen LogP contribution in [0.2, 0.25) is 0 Å². The van der Waals surface area contributed by atoms with Crippen LogP contribution < -0.4 is 10.2 Å². The van der Waals surface area contributed by atoms with E-state index < -0.39 is 31.4 Å². The highest BCUT2D eigenvalue weighted by Crippen LogP contribution is 2.35. The van der Waals surface area contributed by atoms with Crippen LogP contribution in [0, 0.1) is 0 Å². The fourth-order valence-corrected chi connectivity index (χ4v) is 5.93. The Labute approximate surface area is 206 Å². The van der Waals surface area contributed by atoms with Crippen molar-refractivity contribution in [1.29, 1.82) is 0 Å². The molecule has 1 saturated heterocycles. The number of nitrogens with one attached hydrogen (secondary N) is 1. The van der Waals surface area contributed by atoms with Crippen LogP contribution >= 0.6 is 0 Å². The zero-order chi connectivity index (χ0) is 25.9. The molecule has 0 bridgehead atoms. The van der Waals surface area contributed by atoms with Crippen molar-refractivity contribution in [2.24, 2.45) is 0 Å². The Bertz CT molecular complexity index is 1300. The maximum atomic E-state index is 15.3. The van der Waals surface area contributed by atoms with Gasteiger partial charge in [0.2, 0.25) is 10.0 Å². The Hall–Kier alpha value is -2.76. The van der Waals surface area contributed by atoms with Gasteiger partial charge in [-0.2, -0.15) is 4.31 Å². The number of hydrogen-bond acceptors (Lipinski definition) is 6. The first kappa shape index (κ1) is 26.8. The van der Waals surface area contributed by atoms with E-state index in [1.807, 2.05) is 55.4 Å². The van der Waals surface area contributed by atoms with Crippen LogP contribution in [-0.4, -0.2) is 72.7 Å². The third kappa shape index (κ3) is 6.47. The first-order chi connectivity index (χ1) is 16.3. The third-order valence-corrected chi connectivity index (χ3v) is 8.47. The number of alkyl halides is 1. The van der Waals surface area contributed by atoms with Gasteiger partial charge in [0.1, 0.15) is 0 Å². The molecular weight excluding hydrogens is 493 g/mol. The highest BCUT2D eigenvalue weighted by atomic mass is 32.2. The molecule has 0 aliphatic carbocycles. The molecule has 0 radical (unpaired) electrons. The SMILES string of the molecule is CN(C)c1ccc(S(=O)(=O)N2CCC(F)(C(=O)NC/C=C/S(C)(=O)=O)CC2)c(-c2ccccc2)c1. The minimum absolute atomic E-state index is 0.121. The summed E-state index contributed by atoms with van der Waals surface area (Å²) in [5, 5.41) is 3.29. The number of carbonyl (C=O) groups is 1. The quantitative estimate of drug-likeness (QED) is 0.571. The Morgan fingerprint density at radius 1 is 1.09 bits per heavy atom. The van der Waals surface area contributed by atoms with Crippen LogP contribution in [0.15, 0.2) is 64.9 Å². The number of sulfonamides is 1. The van der Waals surface area contributed by atoms with Gasteiger partial charge in [0.25, 0.3) is 5.91 Å². The zero-order valence-electron chi connectivity index (χ0n) is 19.9. The molecule has 1 aliphatic heterocycles. The van der Waals surface area contributed by atoms with Crippen molar-refractivity contribution in [3.8, 4) is 11.1 Å². The molecule has 0 aromatic heterocycles. The first-order valence-corrected chi connectivity index (χ1v) is 14.4. The van der Waals surface area contributed by atoms with Crippen LogP contribution in [0.5, 0.6) is 0 Å². The second kappa shape index (κ2) is 10.5. The van der Waals surface area contributed by atoms with E-state index >= 15 is 4.39 Å². The molecule has 35 heavy (non-hydrogen) atoms. The second-order valence-corrected chi connectivity index (χ2v) is 12.6. The Kier molecular flexibility index (Phi) is 8.03.